The van der Waals surface area contributed by atoms with E-state index in [0.717, 1.165) is 26.1 Å². The van der Waals surface area contributed by atoms with E-state index in [2.05, 4.69) is 6.92 Å². The van der Waals surface area contributed by atoms with E-state index in [4.69, 9.17) is 14.2 Å². The van der Waals surface area contributed by atoms with Crippen LogP contribution in [0.1, 0.15) is 84.0 Å². The van der Waals surface area contributed by atoms with Crippen LogP contribution in [-0.4, -0.2) is 42.2 Å². The van der Waals surface area contributed by atoms with Crippen LogP contribution in [0, 0.1) is 11.8 Å². The molecule has 2 fully saturated rings. The van der Waals surface area contributed by atoms with E-state index >= 15 is 0 Å². The standard InChI is InChI=1S/C26H42O5/c1-2-3-4-9-16-29-19-22-21(25-14-15-26(22)31-25)11-8-6-5-7-10-17-30-20-12-13-23(27)24(28)18-20/h12-13,18,21-22,25-28H,2-11,14-17,19H2,1H3/t21-,22+,25-,26+/m0/s1. The van der Waals surface area contributed by atoms with Gasteiger partial charge in [-0.05, 0) is 50.2 Å². The van der Waals surface area contributed by atoms with Crippen LogP contribution >= 0.6 is 0 Å². The topological polar surface area (TPSA) is 68.2 Å². The summed E-state index contributed by atoms with van der Waals surface area (Å²) in [5, 5.41) is 18.8. The number of phenols is 2. The lowest BCUT2D eigenvalue weighted by Gasteiger charge is -2.28. The van der Waals surface area contributed by atoms with Gasteiger partial charge < -0.3 is 24.4 Å². The Morgan fingerprint density at radius 2 is 1.55 bits per heavy atom. The fourth-order valence-corrected chi connectivity index (χ4v) is 5.15. The first-order valence-corrected chi connectivity index (χ1v) is 12.6. The largest absolute Gasteiger partial charge is 0.504 e. The average Bonchev–Trinajstić information content (AvgIpc) is 3.37. The second kappa shape index (κ2) is 13.2. The Balaban J connectivity index is 1.23. The molecule has 5 nitrogen and oxygen atoms in total. The molecule has 0 radical (unpaired) electrons. The minimum Gasteiger partial charge on any atom is -0.504 e. The van der Waals surface area contributed by atoms with Gasteiger partial charge in [0.1, 0.15) is 5.75 Å². The molecule has 0 amide bonds. The summed E-state index contributed by atoms with van der Waals surface area (Å²) >= 11 is 0. The molecule has 2 saturated heterocycles. The van der Waals surface area contributed by atoms with Crippen molar-refractivity contribution in [2.45, 2.75) is 96.2 Å². The minimum absolute atomic E-state index is 0.117. The SMILES string of the molecule is CCCCCCOC[C@@H]1[C@H](CCCCCCCOc2ccc(O)c(O)c2)[C@@H]2CC[C@H]1O2. The van der Waals surface area contributed by atoms with Gasteiger partial charge >= 0.3 is 0 Å². The van der Waals surface area contributed by atoms with Crippen molar-refractivity contribution in [3.63, 3.8) is 0 Å². The van der Waals surface area contributed by atoms with E-state index in [1.165, 1.54) is 76.3 Å². The maximum atomic E-state index is 9.49. The number of aromatic hydroxyl groups is 2. The highest BCUT2D eigenvalue weighted by Gasteiger charge is 2.48. The number of ether oxygens (including phenoxy) is 3. The Morgan fingerprint density at radius 1 is 0.839 bits per heavy atom. The van der Waals surface area contributed by atoms with E-state index in [1.54, 1.807) is 6.07 Å². The van der Waals surface area contributed by atoms with E-state index in [9.17, 15) is 10.2 Å². The van der Waals surface area contributed by atoms with Gasteiger partial charge in [-0.15, -0.1) is 0 Å². The molecule has 2 bridgehead atoms. The molecular weight excluding hydrogens is 392 g/mol. The van der Waals surface area contributed by atoms with Crippen LogP contribution in [0.15, 0.2) is 18.2 Å². The summed E-state index contributed by atoms with van der Waals surface area (Å²) in [6, 6.07) is 4.59. The molecule has 1 aromatic carbocycles. The Hall–Kier alpha value is -1.46. The van der Waals surface area contributed by atoms with Gasteiger partial charge in [0.05, 0.1) is 25.4 Å². The molecule has 2 aliphatic rings. The molecule has 176 valence electrons. The maximum absolute atomic E-state index is 9.49. The highest BCUT2D eigenvalue weighted by atomic mass is 16.5. The van der Waals surface area contributed by atoms with Crippen molar-refractivity contribution in [1.82, 2.24) is 0 Å². The highest BCUT2D eigenvalue weighted by Crippen LogP contribution is 2.45. The minimum atomic E-state index is -0.137. The van der Waals surface area contributed by atoms with Crippen LogP contribution in [0.3, 0.4) is 0 Å². The second-order valence-electron chi connectivity index (χ2n) is 9.31. The molecule has 2 N–H and O–H groups in total. The second-order valence-corrected chi connectivity index (χ2v) is 9.31. The molecule has 2 heterocycles. The van der Waals surface area contributed by atoms with Crippen LogP contribution in [0.4, 0.5) is 0 Å². The third-order valence-electron chi connectivity index (χ3n) is 6.94. The smallest absolute Gasteiger partial charge is 0.161 e. The normalized spacial score (nSPS) is 24.7. The predicted octanol–water partition coefficient (Wildman–Crippen LogP) is 6.21. The fourth-order valence-electron chi connectivity index (χ4n) is 5.15. The Morgan fingerprint density at radius 3 is 2.35 bits per heavy atom. The van der Waals surface area contributed by atoms with Gasteiger partial charge in [-0.25, -0.2) is 0 Å². The van der Waals surface area contributed by atoms with Crippen LogP contribution in [0.5, 0.6) is 17.2 Å². The first-order chi connectivity index (χ1) is 15.2. The van der Waals surface area contributed by atoms with Gasteiger partial charge in [0.2, 0.25) is 0 Å². The summed E-state index contributed by atoms with van der Waals surface area (Å²) in [6.45, 7) is 4.69. The summed E-state index contributed by atoms with van der Waals surface area (Å²) in [4.78, 5) is 0. The summed E-state index contributed by atoms with van der Waals surface area (Å²) in [6.07, 6.45) is 15.7. The fraction of sp³-hybridized carbons (Fsp3) is 0.769. The van der Waals surface area contributed by atoms with Crippen LogP contribution < -0.4 is 4.74 Å². The molecule has 0 spiro atoms. The first-order valence-electron chi connectivity index (χ1n) is 12.6. The third-order valence-corrected chi connectivity index (χ3v) is 6.94. The molecule has 31 heavy (non-hydrogen) atoms. The number of benzene rings is 1. The van der Waals surface area contributed by atoms with Gasteiger partial charge in [-0.1, -0.05) is 51.9 Å². The van der Waals surface area contributed by atoms with Crippen molar-refractivity contribution in [2.24, 2.45) is 11.8 Å². The van der Waals surface area contributed by atoms with Gasteiger partial charge in [0, 0.05) is 18.6 Å². The monoisotopic (exact) mass is 434 g/mol. The lowest BCUT2D eigenvalue weighted by molar-refractivity contribution is 0.0473. The Kier molecular flexibility index (Phi) is 10.3. The zero-order valence-electron chi connectivity index (χ0n) is 19.3. The zero-order valence-corrected chi connectivity index (χ0v) is 19.3. The number of hydrogen-bond acceptors (Lipinski definition) is 5. The third kappa shape index (κ3) is 7.57. The van der Waals surface area contributed by atoms with E-state index < -0.39 is 0 Å². The van der Waals surface area contributed by atoms with E-state index in [1.807, 2.05) is 0 Å². The summed E-state index contributed by atoms with van der Waals surface area (Å²) in [5.41, 5.74) is 0. The van der Waals surface area contributed by atoms with Crippen molar-refractivity contribution >= 4 is 0 Å². The van der Waals surface area contributed by atoms with Crippen molar-refractivity contribution in [2.75, 3.05) is 19.8 Å². The van der Waals surface area contributed by atoms with Crippen LogP contribution in [-0.2, 0) is 9.47 Å². The average molecular weight is 435 g/mol. The molecule has 5 heteroatoms. The van der Waals surface area contributed by atoms with Crippen molar-refractivity contribution < 1.29 is 24.4 Å². The number of rotatable bonds is 16. The van der Waals surface area contributed by atoms with Gasteiger partial charge in [0.15, 0.2) is 11.5 Å². The number of fused-ring (bicyclic) bond motifs is 2. The van der Waals surface area contributed by atoms with Crippen molar-refractivity contribution in [1.29, 1.82) is 0 Å². The van der Waals surface area contributed by atoms with Crippen molar-refractivity contribution in [3.8, 4) is 17.2 Å². The Labute approximate surface area is 188 Å². The molecular formula is C26H42O5. The number of hydrogen-bond donors (Lipinski definition) is 2. The predicted molar refractivity (Wildman–Crippen MR) is 123 cm³/mol. The van der Waals surface area contributed by atoms with Gasteiger partial charge in [0.25, 0.3) is 0 Å². The molecule has 0 unspecified atom stereocenters. The lowest BCUT2D eigenvalue weighted by atomic mass is 9.77. The molecule has 1 aromatic rings. The number of unbranched alkanes of at least 4 members (excludes halogenated alkanes) is 7. The lowest BCUT2D eigenvalue weighted by Crippen LogP contribution is -2.31. The molecule has 4 atom stereocenters. The molecule has 3 rings (SSSR count). The highest BCUT2D eigenvalue weighted by molar-refractivity contribution is 5.43. The molecule has 0 aliphatic carbocycles. The maximum Gasteiger partial charge on any atom is 0.161 e. The zero-order chi connectivity index (χ0) is 21.9. The van der Waals surface area contributed by atoms with Gasteiger partial charge in [-0.2, -0.15) is 0 Å². The summed E-state index contributed by atoms with van der Waals surface area (Å²) < 4.78 is 17.9. The molecule has 0 saturated carbocycles. The van der Waals surface area contributed by atoms with E-state index in [-0.39, 0.29) is 11.5 Å². The van der Waals surface area contributed by atoms with Crippen LogP contribution in [0.25, 0.3) is 0 Å². The summed E-state index contributed by atoms with van der Waals surface area (Å²) in [7, 11) is 0. The molecule has 2 aliphatic heterocycles. The molecule has 0 aromatic heterocycles. The number of phenolic OH excluding ortho intramolecular Hbond substituents is 2. The first kappa shape index (κ1) is 24.2. The quantitative estimate of drug-likeness (QED) is 0.239. The van der Waals surface area contributed by atoms with Gasteiger partial charge in [-0.3, -0.25) is 0 Å². The Bertz CT molecular complexity index is 634. The summed E-state index contributed by atoms with van der Waals surface area (Å²) in [5.74, 6) is 1.65. The van der Waals surface area contributed by atoms with Crippen molar-refractivity contribution in [3.05, 3.63) is 18.2 Å². The van der Waals surface area contributed by atoms with Crippen LogP contribution in [0.2, 0.25) is 0 Å². The van der Waals surface area contributed by atoms with E-state index in [0.29, 0.717) is 36.4 Å².